The molecule has 1 N–H and O–H groups in total. The Bertz CT molecular complexity index is 1160. The van der Waals surface area contributed by atoms with E-state index in [0.717, 1.165) is 36.4 Å². The molecule has 1 amide bonds. The molecule has 3 heterocycles. The number of rotatable bonds is 4. The van der Waals surface area contributed by atoms with Crippen LogP contribution in [0.3, 0.4) is 0 Å². The molecule has 1 unspecified atom stereocenters. The van der Waals surface area contributed by atoms with Crippen molar-refractivity contribution in [1.29, 1.82) is 0 Å². The molecule has 154 valence electrons. The van der Waals surface area contributed by atoms with Crippen molar-refractivity contribution in [2.24, 2.45) is 0 Å². The van der Waals surface area contributed by atoms with Crippen LogP contribution in [-0.4, -0.2) is 40.5 Å². The molecular formula is C23H23N3O4. The second-order valence-corrected chi connectivity index (χ2v) is 7.68. The van der Waals surface area contributed by atoms with Gasteiger partial charge in [0.05, 0.1) is 16.9 Å². The smallest absolute Gasteiger partial charge is 0.258 e. The van der Waals surface area contributed by atoms with Gasteiger partial charge in [0.1, 0.15) is 19.0 Å². The van der Waals surface area contributed by atoms with Crippen LogP contribution < -0.4 is 15.0 Å². The summed E-state index contributed by atoms with van der Waals surface area (Å²) in [6.45, 7) is 1.84. The molecule has 3 aromatic rings. The van der Waals surface area contributed by atoms with Gasteiger partial charge in [-0.15, -0.1) is 0 Å². The van der Waals surface area contributed by atoms with E-state index >= 15 is 0 Å². The average molecular weight is 405 g/mol. The van der Waals surface area contributed by atoms with Crippen LogP contribution in [0.25, 0.3) is 10.9 Å². The monoisotopic (exact) mass is 405 g/mol. The molecule has 1 fully saturated rings. The number of aromatic nitrogens is 2. The molecule has 1 atom stereocenters. The maximum atomic E-state index is 13.0. The van der Waals surface area contributed by atoms with Gasteiger partial charge in [0.25, 0.3) is 5.56 Å². The molecule has 2 aliphatic rings. The van der Waals surface area contributed by atoms with Crippen molar-refractivity contribution in [3.8, 4) is 11.5 Å². The first kappa shape index (κ1) is 18.7. The maximum absolute atomic E-state index is 13.0. The fourth-order valence-electron chi connectivity index (χ4n) is 4.30. The average Bonchev–Trinajstić information content (AvgIpc) is 3.27. The van der Waals surface area contributed by atoms with Crippen molar-refractivity contribution in [3.05, 3.63) is 64.2 Å². The highest BCUT2D eigenvalue weighted by Gasteiger charge is 2.30. The Labute approximate surface area is 173 Å². The van der Waals surface area contributed by atoms with Crippen molar-refractivity contribution in [2.75, 3.05) is 19.8 Å². The van der Waals surface area contributed by atoms with Crippen LogP contribution >= 0.6 is 0 Å². The zero-order chi connectivity index (χ0) is 20.5. The highest BCUT2D eigenvalue weighted by molar-refractivity contribution is 5.78. The Kier molecular flexibility index (Phi) is 4.86. The number of aryl methyl sites for hydroxylation is 1. The highest BCUT2D eigenvalue weighted by atomic mass is 16.6. The van der Waals surface area contributed by atoms with Crippen LogP contribution in [0, 0.1) is 0 Å². The third kappa shape index (κ3) is 3.51. The minimum absolute atomic E-state index is 0.0388. The molecular weight excluding hydrogens is 382 g/mol. The Morgan fingerprint density at radius 3 is 2.87 bits per heavy atom. The maximum Gasteiger partial charge on any atom is 0.258 e. The van der Waals surface area contributed by atoms with E-state index in [1.807, 2.05) is 41.3 Å². The van der Waals surface area contributed by atoms with Crippen molar-refractivity contribution in [1.82, 2.24) is 14.9 Å². The molecule has 0 bridgehead atoms. The van der Waals surface area contributed by atoms with E-state index < -0.39 is 0 Å². The minimum Gasteiger partial charge on any atom is -0.486 e. The fraction of sp³-hybridized carbons (Fsp3) is 0.348. The second kappa shape index (κ2) is 7.82. The Morgan fingerprint density at radius 2 is 1.97 bits per heavy atom. The van der Waals surface area contributed by atoms with Gasteiger partial charge in [-0.1, -0.05) is 18.2 Å². The van der Waals surface area contributed by atoms with E-state index in [0.29, 0.717) is 42.8 Å². The first-order valence-electron chi connectivity index (χ1n) is 10.4. The number of ether oxygens (including phenoxy) is 2. The fourth-order valence-corrected chi connectivity index (χ4v) is 4.30. The second-order valence-electron chi connectivity index (χ2n) is 7.68. The van der Waals surface area contributed by atoms with Crippen LogP contribution in [0.2, 0.25) is 0 Å². The minimum atomic E-state index is -0.168. The number of amides is 1. The molecule has 2 aromatic carbocycles. The summed E-state index contributed by atoms with van der Waals surface area (Å²) in [5, 5.41) is 0.561. The van der Waals surface area contributed by atoms with E-state index in [4.69, 9.17) is 9.47 Å². The summed E-state index contributed by atoms with van der Waals surface area (Å²) in [5.74, 6) is 2.12. The number of fused-ring (bicyclic) bond motifs is 2. The number of H-pyrrole nitrogens is 1. The summed E-state index contributed by atoms with van der Waals surface area (Å²) in [6, 6.07) is 13.2. The summed E-state index contributed by atoms with van der Waals surface area (Å²) in [6.07, 6.45) is 2.61. The van der Waals surface area contributed by atoms with Crippen LogP contribution in [0.4, 0.5) is 0 Å². The van der Waals surface area contributed by atoms with Crippen molar-refractivity contribution < 1.29 is 14.3 Å². The number of hydrogen-bond acceptors (Lipinski definition) is 5. The van der Waals surface area contributed by atoms with E-state index in [1.165, 1.54) is 0 Å². The van der Waals surface area contributed by atoms with Gasteiger partial charge in [0.2, 0.25) is 5.91 Å². The standard InChI is InChI=1S/C23H23N3O4/c27-22(10-9-21-24-17-5-2-1-4-16(17)23(28)25-21)26-11-3-6-18(26)15-7-8-19-20(14-15)30-13-12-29-19/h1-2,4-5,7-8,14,18H,3,6,9-13H2,(H,24,25,28). The lowest BCUT2D eigenvalue weighted by atomic mass is 10.0. The number of aromatic amines is 1. The van der Waals surface area contributed by atoms with Gasteiger partial charge in [0.15, 0.2) is 11.5 Å². The number of para-hydroxylation sites is 1. The first-order chi connectivity index (χ1) is 14.7. The molecule has 30 heavy (non-hydrogen) atoms. The van der Waals surface area contributed by atoms with Gasteiger partial charge in [0, 0.05) is 19.4 Å². The molecule has 7 heteroatoms. The molecule has 2 aliphatic heterocycles. The zero-order valence-electron chi connectivity index (χ0n) is 16.6. The third-order valence-electron chi connectivity index (χ3n) is 5.76. The molecule has 0 spiro atoms. The van der Waals surface area contributed by atoms with E-state index in [2.05, 4.69) is 9.97 Å². The van der Waals surface area contributed by atoms with Crippen molar-refractivity contribution >= 4 is 16.8 Å². The molecule has 5 rings (SSSR count). The molecule has 1 aromatic heterocycles. The van der Waals surface area contributed by atoms with Crippen LogP contribution in [-0.2, 0) is 11.2 Å². The van der Waals surface area contributed by atoms with Gasteiger partial charge in [-0.3, -0.25) is 9.59 Å². The Balaban J connectivity index is 1.30. The SMILES string of the molecule is O=C(CCc1nc2ccccc2c(=O)[nH]1)N1CCCC1c1ccc2c(c1)OCCO2. The lowest BCUT2D eigenvalue weighted by Crippen LogP contribution is -2.31. The van der Waals surface area contributed by atoms with E-state index in [-0.39, 0.29) is 17.5 Å². The lowest BCUT2D eigenvalue weighted by Gasteiger charge is -2.27. The quantitative estimate of drug-likeness (QED) is 0.721. The van der Waals surface area contributed by atoms with Gasteiger partial charge >= 0.3 is 0 Å². The number of hydrogen-bond donors (Lipinski definition) is 1. The van der Waals surface area contributed by atoms with Crippen LogP contribution in [0.15, 0.2) is 47.3 Å². The first-order valence-corrected chi connectivity index (χ1v) is 10.4. The highest BCUT2D eigenvalue weighted by Crippen LogP contribution is 2.38. The summed E-state index contributed by atoms with van der Waals surface area (Å²) >= 11 is 0. The largest absolute Gasteiger partial charge is 0.486 e. The summed E-state index contributed by atoms with van der Waals surface area (Å²) in [7, 11) is 0. The molecule has 0 aliphatic carbocycles. The van der Waals surface area contributed by atoms with Crippen molar-refractivity contribution in [2.45, 2.75) is 31.7 Å². The molecule has 1 saturated heterocycles. The van der Waals surface area contributed by atoms with Gasteiger partial charge in [-0.05, 0) is 42.7 Å². The molecule has 0 radical (unpaired) electrons. The number of benzene rings is 2. The van der Waals surface area contributed by atoms with Gasteiger partial charge < -0.3 is 19.4 Å². The lowest BCUT2D eigenvalue weighted by molar-refractivity contribution is -0.132. The van der Waals surface area contributed by atoms with E-state index in [9.17, 15) is 9.59 Å². The summed E-state index contributed by atoms with van der Waals surface area (Å²) in [5.41, 5.74) is 1.56. The third-order valence-corrected chi connectivity index (χ3v) is 5.76. The van der Waals surface area contributed by atoms with Crippen LogP contribution in [0.5, 0.6) is 11.5 Å². The number of likely N-dealkylation sites (tertiary alicyclic amines) is 1. The normalized spacial score (nSPS) is 18.0. The molecule has 0 saturated carbocycles. The van der Waals surface area contributed by atoms with Crippen LogP contribution in [0.1, 0.15) is 36.7 Å². The summed E-state index contributed by atoms with van der Waals surface area (Å²) < 4.78 is 11.3. The summed E-state index contributed by atoms with van der Waals surface area (Å²) in [4.78, 5) is 34.5. The number of carbonyl (C=O) groups excluding carboxylic acids is 1. The number of carbonyl (C=O) groups is 1. The number of nitrogens with zero attached hydrogens (tertiary/aromatic N) is 2. The van der Waals surface area contributed by atoms with Crippen molar-refractivity contribution in [3.63, 3.8) is 0 Å². The van der Waals surface area contributed by atoms with E-state index in [1.54, 1.807) is 6.07 Å². The Hall–Kier alpha value is -3.35. The van der Waals surface area contributed by atoms with Gasteiger partial charge in [-0.2, -0.15) is 0 Å². The number of nitrogens with one attached hydrogen (secondary N) is 1. The predicted octanol–water partition coefficient (Wildman–Crippen LogP) is 2.99. The van der Waals surface area contributed by atoms with Gasteiger partial charge in [-0.25, -0.2) is 4.98 Å². The zero-order valence-corrected chi connectivity index (χ0v) is 16.6. The molecule has 7 nitrogen and oxygen atoms in total. The topological polar surface area (TPSA) is 84.5 Å². The predicted molar refractivity (Wildman–Crippen MR) is 112 cm³/mol. The Morgan fingerprint density at radius 1 is 1.13 bits per heavy atom.